The summed E-state index contributed by atoms with van der Waals surface area (Å²) in [5, 5.41) is 6.33. The topological polar surface area (TPSA) is 171 Å². The lowest BCUT2D eigenvalue weighted by atomic mass is 9.78. The number of ether oxygens (including phenoxy) is 1. The van der Waals surface area contributed by atoms with Gasteiger partial charge in [0.2, 0.25) is 0 Å². The second-order valence-corrected chi connectivity index (χ2v) is 16.8. The van der Waals surface area contributed by atoms with Crippen LogP contribution in [0.2, 0.25) is 0 Å². The highest BCUT2D eigenvalue weighted by Crippen LogP contribution is 2.52. The highest BCUT2D eigenvalue weighted by Gasteiger charge is 2.45. The van der Waals surface area contributed by atoms with E-state index >= 15 is 0 Å². The molecule has 13 heteroatoms. The van der Waals surface area contributed by atoms with Crippen molar-refractivity contribution in [1.82, 2.24) is 5.32 Å². The van der Waals surface area contributed by atoms with Gasteiger partial charge in [0, 0.05) is 45.3 Å². The summed E-state index contributed by atoms with van der Waals surface area (Å²) in [5.74, 6) is -0.860. The van der Waals surface area contributed by atoms with Crippen LogP contribution in [0.25, 0.3) is 5.57 Å². The minimum atomic E-state index is -4.98. The predicted molar refractivity (Wildman–Crippen MR) is 189 cm³/mol. The van der Waals surface area contributed by atoms with Crippen LogP contribution in [0.5, 0.6) is 11.5 Å². The Kier molecular flexibility index (Phi) is 9.33. The summed E-state index contributed by atoms with van der Waals surface area (Å²) >= 11 is 0. The Balaban J connectivity index is 0.00000151. The Morgan fingerprint density at radius 2 is 1.49 bits per heavy atom. The van der Waals surface area contributed by atoms with Crippen molar-refractivity contribution in [3.8, 4) is 11.5 Å². The molecule has 0 saturated heterocycles. The molecule has 0 bridgehead atoms. The number of carbonyl (C=O) groups excluding carboxylic acids is 1. The molecular formula is C36H45N3O8S2. The third-order valence-electron chi connectivity index (χ3n) is 9.87. The van der Waals surface area contributed by atoms with Crippen LogP contribution in [-0.2, 0) is 31.1 Å². The van der Waals surface area contributed by atoms with E-state index in [4.69, 9.17) is 4.74 Å². The molecule has 0 aliphatic carbocycles. The Hall–Kier alpha value is -3.78. The van der Waals surface area contributed by atoms with Gasteiger partial charge in [0.1, 0.15) is 0 Å². The number of anilines is 1. The average molecular weight is 712 g/mol. The standard InChI is InChI=1S/C33H37N3O8S2.C3H8/c1-8-13-34-31(37)19-11-9-18(10-12-19)24-20-14-22-25(35-16(2)32(22,4)5)29(45(38,39)40)27(20)44-28-21(24)15-23-26(30(28)46(41,42)43)36-17(3)33(23,6)7;1-3-2/h9-12,14-17,35H,8,13H2,1-7H3,(H,34,37)(H,38,39,40)(H,41,42,43);3H2,1-2H3. The lowest BCUT2D eigenvalue weighted by molar-refractivity contribution is 0.0953. The van der Waals surface area contributed by atoms with E-state index in [1.54, 1.807) is 36.4 Å². The Morgan fingerprint density at radius 3 is 2.04 bits per heavy atom. The zero-order valence-electron chi connectivity index (χ0n) is 29.3. The highest BCUT2D eigenvalue weighted by molar-refractivity contribution is 7.86. The van der Waals surface area contributed by atoms with Gasteiger partial charge in [0.05, 0.1) is 17.1 Å². The number of nitrogens with one attached hydrogen (secondary N) is 2. The first kappa shape index (κ1) is 36.5. The van der Waals surface area contributed by atoms with Crippen LogP contribution in [0, 0.1) is 0 Å². The molecule has 3 aliphatic rings. The van der Waals surface area contributed by atoms with Crippen LogP contribution >= 0.6 is 0 Å². The van der Waals surface area contributed by atoms with Crippen molar-refractivity contribution in [2.45, 2.75) is 108 Å². The summed E-state index contributed by atoms with van der Waals surface area (Å²) in [4.78, 5) is 16.2. The molecule has 3 aromatic rings. The van der Waals surface area contributed by atoms with E-state index in [1.165, 1.54) is 6.42 Å². The zero-order chi connectivity index (χ0) is 36.4. The van der Waals surface area contributed by atoms with E-state index in [-0.39, 0.29) is 45.8 Å². The number of nitrogens with zero attached hydrogens (tertiary/aromatic N) is 1. The van der Waals surface area contributed by atoms with E-state index in [2.05, 4.69) is 29.5 Å². The van der Waals surface area contributed by atoms with Gasteiger partial charge in [-0.25, -0.2) is 0 Å². The third kappa shape index (κ3) is 6.04. The van der Waals surface area contributed by atoms with Crippen LogP contribution in [-0.4, -0.2) is 50.5 Å². The Bertz CT molecular complexity index is 2210. The molecule has 264 valence electrons. The van der Waals surface area contributed by atoms with E-state index < -0.39 is 40.9 Å². The van der Waals surface area contributed by atoms with Crippen LogP contribution in [0.15, 0.2) is 51.2 Å². The normalized spacial score (nSPS) is 19.5. The van der Waals surface area contributed by atoms with Gasteiger partial charge in [-0.2, -0.15) is 16.8 Å². The second-order valence-electron chi connectivity index (χ2n) is 14.1. The number of hydrogen-bond acceptors (Lipinski definition) is 8. The van der Waals surface area contributed by atoms with Crippen molar-refractivity contribution in [2.75, 3.05) is 11.9 Å². The SMILES string of the molecule is CCC.CCCNC(=O)c1ccc(C2=c3cc4c(c(S(=O)(=O)O)c3Oc3c2cc2c(c3S(=O)(=O)O)NC(C)C2(C)C)=NC(C)C4(C)C)cc1. The molecule has 0 saturated carbocycles. The van der Waals surface area contributed by atoms with Crippen molar-refractivity contribution in [3.05, 3.63) is 74.8 Å². The van der Waals surface area contributed by atoms with Gasteiger partial charge in [-0.3, -0.25) is 18.9 Å². The van der Waals surface area contributed by atoms with Crippen molar-refractivity contribution in [3.63, 3.8) is 0 Å². The molecule has 6 rings (SSSR count). The van der Waals surface area contributed by atoms with Crippen molar-refractivity contribution in [1.29, 1.82) is 0 Å². The number of benzene rings is 3. The summed E-state index contributed by atoms with van der Waals surface area (Å²) in [6.07, 6.45) is 2.02. The number of hydrogen-bond donors (Lipinski definition) is 4. The van der Waals surface area contributed by atoms with Crippen LogP contribution < -0.4 is 25.9 Å². The lowest BCUT2D eigenvalue weighted by Crippen LogP contribution is -2.33. The van der Waals surface area contributed by atoms with Gasteiger partial charge >= 0.3 is 0 Å². The fourth-order valence-electron chi connectivity index (χ4n) is 6.50. The molecule has 1 amide bonds. The van der Waals surface area contributed by atoms with E-state index in [1.807, 2.05) is 48.5 Å². The minimum Gasteiger partial charge on any atom is -0.453 e. The van der Waals surface area contributed by atoms with Gasteiger partial charge in [0.25, 0.3) is 26.1 Å². The fourth-order valence-corrected chi connectivity index (χ4v) is 8.10. The molecule has 0 spiro atoms. The Labute approximate surface area is 288 Å². The molecule has 2 atom stereocenters. The Morgan fingerprint density at radius 1 is 0.898 bits per heavy atom. The fraction of sp³-hybridized carbons (Fsp3) is 0.444. The molecule has 3 heterocycles. The number of amides is 1. The molecule has 0 radical (unpaired) electrons. The first-order valence-electron chi connectivity index (χ1n) is 16.5. The smallest absolute Gasteiger partial charge is 0.300 e. The predicted octanol–water partition coefficient (Wildman–Crippen LogP) is 5.48. The van der Waals surface area contributed by atoms with E-state index in [9.17, 15) is 30.7 Å². The van der Waals surface area contributed by atoms with Crippen LogP contribution in [0.4, 0.5) is 5.69 Å². The molecular weight excluding hydrogens is 667 g/mol. The van der Waals surface area contributed by atoms with E-state index in [0.717, 1.165) is 6.42 Å². The van der Waals surface area contributed by atoms with Gasteiger partial charge in [-0.15, -0.1) is 0 Å². The maximum absolute atomic E-state index is 13.1. The number of rotatable bonds is 6. The first-order chi connectivity index (χ1) is 22.7. The lowest BCUT2D eigenvalue weighted by Gasteiger charge is -2.29. The van der Waals surface area contributed by atoms with Crippen molar-refractivity contribution < 1.29 is 35.5 Å². The van der Waals surface area contributed by atoms with Gasteiger partial charge < -0.3 is 15.4 Å². The maximum Gasteiger partial charge on any atom is 0.300 e. The molecule has 3 aliphatic heterocycles. The second kappa shape index (κ2) is 12.5. The molecule has 2 unspecified atom stereocenters. The summed E-state index contributed by atoms with van der Waals surface area (Å²) in [6, 6.07) is 9.63. The van der Waals surface area contributed by atoms with Crippen LogP contribution in [0.3, 0.4) is 0 Å². The highest BCUT2D eigenvalue weighted by atomic mass is 32.2. The van der Waals surface area contributed by atoms with Crippen molar-refractivity contribution in [2.24, 2.45) is 4.99 Å². The minimum absolute atomic E-state index is 0.0342. The van der Waals surface area contributed by atoms with Gasteiger partial charge in [0.15, 0.2) is 21.3 Å². The summed E-state index contributed by atoms with van der Waals surface area (Å²) < 4.78 is 80.0. The molecule has 49 heavy (non-hydrogen) atoms. The molecule has 4 N–H and O–H groups in total. The number of carbonyl (C=O) groups is 1. The summed E-state index contributed by atoms with van der Waals surface area (Å²) in [5.41, 5.74) is 1.76. The molecule has 11 nitrogen and oxygen atoms in total. The molecule has 3 aromatic carbocycles. The van der Waals surface area contributed by atoms with Gasteiger partial charge in [-0.05, 0) is 61.2 Å². The molecule has 0 aromatic heterocycles. The molecule has 0 fully saturated rings. The first-order valence-corrected chi connectivity index (χ1v) is 19.4. The number of fused-ring (bicyclic) bond motifs is 4. The average Bonchev–Trinajstić information content (AvgIpc) is 3.36. The summed E-state index contributed by atoms with van der Waals surface area (Å²) in [6.45, 7) is 18.2. The monoisotopic (exact) mass is 711 g/mol. The van der Waals surface area contributed by atoms with Gasteiger partial charge in [-0.1, -0.05) is 67.0 Å². The zero-order valence-corrected chi connectivity index (χ0v) is 31.0. The third-order valence-corrected chi connectivity index (χ3v) is 11.7. The maximum atomic E-state index is 13.1. The van der Waals surface area contributed by atoms with Crippen molar-refractivity contribution >= 4 is 37.4 Å². The van der Waals surface area contributed by atoms with E-state index in [0.29, 0.717) is 39.9 Å². The summed E-state index contributed by atoms with van der Waals surface area (Å²) in [7, 11) is -9.93. The van der Waals surface area contributed by atoms with Crippen LogP contribution in [0.1, 0.15) is 108 Å². The largest absolute Gasteiger partial charge is 0.453 e. The quantitative estimate of drug-likeness (QED) is 0.189.